The number of urea groups is 1. The minimum absolute atomic E-state index is 0.0322. The van der Waals surface area contributed by atoms with E-state index in [4.69, 9.17) is 10.5 Å². The van der Waals surface area contributed by atoms with Gasteiger partial charge in [-0.15, -0.1) is 0 Å². The molecule has 0 heterocycles. The number of rotatable bonds is 3. The van der Waals surface area contributed by atoms with Crippen molar-refractivity contribution in [3.8, 4) is 0 Å². The van der Waals surface area contributed by atoms with Crippen molar-refractivity contribution in [3.63, 3.8) is 0 Å². The van der Waals surface area contributed by atoms with E-state index >= 15 is 0 Å². The summed E-state index contributed by atoms with van der Waals surface area (Å²) in [4.78, 5) is 44.4. The average Bonchev–Trinajstić information content (AvgIpc) is 2.96. The number of nitrogens with one attached hydrogen (secondary N) is 1. The third-order valence-electron chi connectivity index (χ3n) is 2.99. The predicted octanol–water partition coefficient (Wildman–Crippen LogP) is -1.26. The molecule has 2 aliphatic carbocycles. The third-order valence-corrected chi connectivity index (χ3v) is 2.99. The summed E-state index contributed by atoms with van der Waals surface area (Å²) in [6.45, 7) is -0.354. The van der Waals surface area contributed by atoms with Crippen LogP contribution < -0.4 is 11.1 Å². The van der Waals surface area contributed by atoms with Crippen molar-refractivity contribution in [2.24, 2.45) is 17.6 Å². The van der Waals surface area contributed by atoms with E-state index in [-0.39, 0.29) is 31.0 Å². The van der Waals surface area contributed by atoms with E-state index in [1.165, 1.54) is 0 Å². The van der Waals surface area contributed by atoms with E-state index in [9.17, 15) is 19.2 Å². The van der Waals surface area contributed by atoms with E-state index < -0.39 is 29.9 Å². The Kier molecular flexibility index (Phi) is 2.83. The number of amides is 2. The first-order valence-electron chi connectivity index (χ1n) is 5.29. The monoisotopic (exact) mass is 240 g/mol. The number of esters is 1. The normalized spacial score (nSPS) is 30.5. The number of primary amides is 1. The highest BCUT2D eigenvalue weighted by atomic mass is 16.6. The second kappa shape index (κ2) is 4.15. The van der Waals surface area contributed by atoms with Gasteiger partial charge in [-0.3, -0.25) is 14.4 Å². The quantitative estimate of drug-likeness (QED) is 0.597. The summed E-state index contributed by atoms with van der Waals surface area (Å²) in [6.07, 6.45) is -0.180. The van der Waals surface area contributed by atoms with Crippen LogP contribution in [0.1, 0.15) is 12.8 Å². The number of hydrogen-bond acceptors (Lipinski definition) is 5. The lowest BCUT2D eigenvalue weighted by atomic mass is 9.98. The number of carbonyl (C=O) groups is 4. The second-order valence-electron chi connectivity index (χ2n) is 4.16. The molecule has 17 heavy (non-hydrogen) atoms. The second-order valence-corrected chi connectivity index (χ2v) is 4.16. The fourth-order valence-corrected chi connectivity index (χ4v) is 2.13. The van der Waals surface area contributed by atoms with Crippen LogP contribution in [-0.2, 0) is 19.1 Å². The number of ketones is 2. The van der Waals surface area contributed by atoms with Crippen LogP contribution in [0.15, 0.2) is 0 Å². The Hall–Kier alpha value is -1.92. The molecule has 0 aromatic rings. The van der Waals surface area contributed by atoms with Gasteiger partial charge in [0.05, 0.1) is 11.8 Å². The molecule has 92 valence electrons. The van der Waals surface area contributed by atoms with E-state index in [0.717, 1.165) is 0 Å². The highest BCUT2D eigenvalue weighted by molar-refractivity contribution is 6.02. The van der Waals surface area contributed by atoms with Crippen LogP contribution in [0.2, 0.25) is 0 Å². The van der Waals surface area contributed by atoms with Gasteiger partial charge in [-0.2, -0.15) is 0 Å². The number of ether oxygens (including phenoxy) is 1. The molecule has 2 aliphatic rings. The van der Waals surface area contributed by atoms with Crippen LogP contribution in [0.5, 0.6) is 0 Å². The first-order valence-corrected chi connectivity index (χ1v) is 5.29. The summed E-state index contributed by atoms with van der Waals surface area (Å²) in [7, 11) is 0. The van der Waals surface area contributed by atoms with Crippen molar-refractivity contribution in [1.82, 2.24) is 5.32 Å². The zero-order chi connectivity index (χ0) is 12.6. The molecule has 2 rings (SSSR count). The molecule has 0 saturated heterocycles. The maximum atomic E-state index is 11.4. The zero-order valence-corrected chi connectivity index (χ0v) is 8.97. The molecular weight excluding hydrogens is 228 g/mol. The Balaban J connectivity index is 1.85. The molecule has 2 amide bonds. The number of nitrogens with two attached hydrogens (primary N) is 1. The van der Waals surface area contributed by atoms with Gasteiger partial charge >= 0.3 is 12.0 Å². The van der Waals surface area contributed by atoms with Crippen LogP contribution in [-0.4, -0.2) is 36.2 Å². The first kappa shape index (κ1) is 11.6. The van der Waals surface area contributed by atoms with Crippen molar-refractivity contribution in [2.75, 3.05) is 6.54 Å². The van der Waals surface area contributed by atoms with Crippen molar-refractivity contribution >= 4 is 23.6 Å². The summed E-state index contributed by atoms with van der Waals surface area (Å²) in [5.74, 6) is -1.68. The Labute approximate surface area is 96.7 Å². The maximum Gasteiger partial charge on any atom is 0.325 e. The van der Waals surface area contributed by atoms with Gasteiger partial charge in [0.1, 0.15) is 24.2 Å². The maximum absolute atomic E-state index is 11.4. The van der Waals surface area contributed by atoms with E-state index in [2.05, 4.69) is 5.32 Å². The highest BCUT2D eigenvalue weighted by Gasteiger charge is 2.62. The van der Waals surface area contributed by atoms with Gasteiger partial charge in [0.25, 0.3) is 0 Å². The van der Waals surface area contributed by atoms with Crippen molar-refractivity contribution in [2.45, 2.75) is 18.9 Å². The molecule has 3 N–H and O–H groups in total. The predicted molar refractivity (Wildman–Crippen MR) is 53.7 cm³/mol. The number of hydrogen-bond donors (Lipinski definition) is 2. The molecule has 0 radical (unpaired) electrons. The van der Waals surface area contributed by atoms with E-state index in [1.54, 1.807) is 0 Å². The molecule has 0 spiro atoms. The van der Waals surface area contributed by atoms with Gasteiger partial charge in [0, 0.05) is 12.8 Å². The lowest BCUT2D eigenvalue weighted by Gasteiger charge is -2.03. The standard InChI is InChI=1S/C10H12N2O5/c11-10(16)12-3-6(15)17-9-7-4(13)1-2-5(14)8(7)9/h7-9H,1-3H2,(H3,11,12,16). The van der Waals surface area contributed by atoms with Gasteiger partial charge in [-0.05, 0) is 0 Å². The zero-order valence-electron chi connectivity index (χ0n) is 8.97. The Morgan fingerprint density at radius 1 is 1.24 bits per heavy atom. The van der Waals surface area contributed by atoms with Gasteiger partial charge in [-0.1, -0.05) is 0 Å². The van der Waals surface area contributed by atoms with Crippen molar-refractivity contribution in [1.29, 1.82) is 0 Å². The van der Waals surface area contributed by atoms with Gasteiger partial charge in [0.2, 0.25) is 0 Å². The summed E-state index contributed by atoms with van der Waals surface area (Å²) >= 11 is 0. The van der Waals surface area contributed by atoms with Gasteiger partial charge in [-0.25, -0.2) is 4.79 Å². The summed E-state index contributed by atoms with van der Waals surface area (Å²) in [6, 6.07) is -0.831. The van der Waals surface area contributed by atoms with Crippen LogP contribution in [0.25, 0.3) is 0 Å². The summed E-state index contributed by atoms with van der Waals surface area (Å²) < 4.78 is 4.95. The molecular formula is C10H12N2O5. The SMILES string of the molecule is NC(=O)NCC(=O)OC1C2C(=O)CCC(=O)C12. The number of fused-ring (bicyclic) bond motifs is 1. The molecule has 2 unspecified atom stereocenters. The topological polar surface area (TPSA) is 116 Å². The van der Waals surface area contributed by atoms with E-state index in [1.807, 2.05) is 0 Å². The fourth-order valence-electron chi connectivity index (χ4n) is 2.13. The molecule has 2 fully saturated rings. The highest BCUT2D eigenvalue weighted by Crippen LogP contribution is 2.47. The van der Waals surface area contributed by atoms with Gasteiger partial charge in [0.15, 0.2) is 0 Å². The van der Waals surface area contributed by atoms with Crippen LogP contribution in [0, 0.1) is 11.8 Å². The number of Topliss-reactive ketones (excluding diaryl/α,β-unsaturated/α-hetero) is 2. The smallest absolute Gasteiger partial charge is 0.325 e. The lowest BCUT2D eigenvalue weighted by Crippen LogP contribution is -2.35. The first-order chi connectivity index (χ1) is 8.00. The largest absolute Gasteiger partial charge is 0.459 e. The minimum atomic E-state index is -0.831. The molecule has 0 aromatic heterocycles. The minimum Gasteiger partial charge on any atom is -0.459 e. The average molecular weight is 240 g/mol. The Morgan fingerprint density at radius 3 is 2.24 bits per heavy atom. The molecule has 2 atom stereocenters. The molecule has 0 aromatic carbocycles. The van der Waals surface area contributed by atoms with E-state index in [0.29, 0.717) is 0 Å². The molecule has 0 bridgehead atoms. The molecule has 7 heteroatoms. The fraction of sp³-hybridized carbons (Fsp3) is 0.600. The Bertz CT molecular complexity index is 384. The van der Waals surface area contributed by atoms with Gasteiger partial charge < -0.3 is 15.8 Å². The summed E-state index contributed by atoms with van der Waals surface area (Å²) in [5.41, 5.74) is 4.78. The van der Waals surface area contributed by atoms with Crippen LogP contribution in [0.4, 0.5) is 4.79 Å². The Morgan fingerprint density at radius 2 is 1.76 bits per heavy atom. The lowest BCUT2D eigenvalue weighted by molar-refractivity contribution is -0.144. The van der Waals surface area contributed by atoms with Crippen molar-refractivity contribution < 1.29 is 23.9 Å². The van der Waals surface area contributed by atoms with Crippen molar-refractivity contribution in [3.05, 3.63) is 0 Å². The number of carbonyl (C=O) groups excluding carboxylic acids is 4. The summed E-state index contributed by atoms with van der Waals surface area (Å²) in [5, 5.41) is 2.08. The molecule has 2 saturated carbocycles. The molecule has 0 aliphatic heterocycles. The van der Waals surface area contributed by atoms with Crippen LogP contribution in [0.3, 0.4) is 0 Å². The van der Waals surface area contributed by atoms with Crippen LogP contribution >= 0.6 is 0 Å². The third kappa shape index (κ3) is 2.27. The molecule has 7 nitrogen and oxygen atoms in total.